The fraction of sp³-hybridized carbons (Fsp3) is 0.917. The van der Waals surface area contributed by atoms with Crippen LogP contribution in [0.15, 0.2) is 0 Å². The molecule has 3 heteroatoms. The van der Waals surface area contributed by atoms with Gasteiger partial charge in [0, 0.05) is 31.6 Å². The van der Waals surface area contributed by atoms with Crippen molar-refractivity contribution in [1.29, 1.82) is 0 Å². The monoisotopic (exact) mass is 208 g/mol. The molecule has 0 N–H and O–H groups in total. The van der Waals surface area contributed by atoms with Crippen LogP contribution in [0.4, 0.5) is 0 Å². The number of fused-ring (bicyclic) bond motifs is 1. The van der Waals surface area contributed by atoms with E-state index in [0.717, 1.165) is 25.9 Å². The minimum atomic E-state index is 0.401. The van der Waals surface area contributed by atoms with Gasteiger partial charge in [0.15, 0.2) is 0 Å². The van der Waals surface area contributed by atoms with Crippen molar-refractivity contribution in [3.8, 4) is 0 Å². The Morgan fingerprint density at radius 1 is 1.00 bits per heavy atom. The van der Waals surface area contributed by atoms with Gasteiger partial charge >= 0.3 is 0 Å². The molecule has 1 amide bonds. The van der Waals surface area contributed by atoms with Gasteiger partial charge in [-0.15, -0.1) is 0 Å². The third-order valence-electron chi connectivity index (χ3n) is 4.04. The van der Waals surface area contributed by atoms with E-state index in [2.05, 4.69) is 9.80 Å². The molecule has 1 aliphatic carbocycles. The van der Waals surface area contributed by atoms with Gasteiger partial charge in [0.1, 0.15) is 0 Å². The summed E-state index contributed by atoms with van der Waals surface area (Å²) in [5.74, 6) is 0.849. The fourth-order valence-electron chi connectivity index (χ4n) is 3.00. The summed E-state index contributed by atoms with van der Waals surface area (Å²) in [6.45, 7) is 4.48. The van der Waals surface area contributed by atoms with Crippen LogP contribution in [0.1, 0.15) is 32.1 Å². The first-order chi connectivity index (χ1) is 7.34. The van der Waals surface area contributed by atoms with E-state index in [0.29, 0.717) is 17.9 Å². The van der Waals surface area contributed by atoms with E-state index in [1.807, 2.05) is 0 Å². The number of nitrogens with zero attached hydrogens (tertiary/aromatic N) is 2. The summed E-state index contributed by atoms with van der Waals surface area (Å²) in [7, 11) is 0. The summed E-state index contributed by atoms with van der Waals surface area (Å²) >= 11 is 0. The molecule has 2 saturated heterocycles. The van der Waals surface area contributed by atoms with Crippen LogP contribution < -0.4 is 0 Å². The van der Waals surface area contributed by atoms with Crippen LogP contribution in [-0.4, -0.2) is 47.9 Å². The second-order valence-corrected chi connectivity index (χ2v) is 5.24. The normalized spacial score (nSPS) is 32.5. The maximum absolute atomic E-state index is 12.0. The van der Waals surface area contributed by atoms with Gasteiger partial charge < -0.3 is 4.90 Å². The quantitative estimate of drug-likeness (QED) is 0.644. The van der Waals surface area contributed by atoms with Gasteiger partial charge in [-0.2, -0.15) is 0 Å². The van der Waals surface area contributed by atoms with Crippen LogP contribution in [0, 0.1) is 5.92 Å². The van der Waals surface area contributed by atoms with Crippen LogP contribution >= 0.6 is 0 Å². The highest BCUT2D eigenvalue weighted by Gasteiger charge is 2.36. The molecule has 3 nitrogen and oxygen atoms in total. The van der Waals surface area contributed by atoms with E-state index >= 15 is 0 Å². The number of rotatable bonds is 1. The highest BCUT2D eigenvalue weighted by molar-refractivity contribution is 5.81. The highest BCUT2D eigenvalue weighted by atomic mass is 16.2. The number of amides is 1. The van der Waals surface area contributed by atoms with Crippen molar-refractivity contribution in [2.24, 2.45) is 5.92 Å². The molecule has 0 aromatic heterocycles. The van der Waals surface area contributed by atoms with E-state index in [1.54, 1.807) is 0 Å². The number of hydrogen-bond donors (Lipinski definition) is 0. The zero-order valence-corrected chi connectivity index (χ0v) is 9.32. The first-order valence-electron chi connectivity index (χ1n) is 6.37. The highest BCUT2D eigenvalue weighted by Crippen LogP contribution is 2.32. The third-order valence-corrected chi connectivity index (χ3v) is 4.04. The van der Waals surface area contributed by atoms with Crippen molar-refractivity contribution in [2.45, 2.75) is 38.1 Å². The summed E-state index contributed by atoms with van der Waals surface area (Å²) < 4.78 is 0. The summed E-state index contributed by atoms with van der Waals surface area (Å²) in [6, 6.07) is 0.676. The first-order valence-corrected chi connectivity index (χ1v) is 6.37. The molecule has 2 heterocycles. The lowest BCUT2D eigenvalue weighted by Gasteiger charge is -2.25. The van der Waals surface area contributed by atoms with Gasteiger partial charge in [0.2, 0.25) is 5.91 Å². The van der Waals surface area contributed by atoms with E-state index in [4.69, 9.17) is 0 Å². The largest absolute Gasteiger partial charge is 0.341 e. The van der Waals surface area contributed by atoms with Crippen LogP contribution in [-0.2, 0) is 4.79 Å². The Kier molecular flexibility index (Phi) is 2.43. The topological polar surface area (TPSA) is 23.6 Å². The first kappa shape index (κ1) is 9.64. The van der Waals surface area contributed by atoms with Crippen LogP contribution in [0.5, 0.6) is 0 Å². The second kappa shape index (κ2) is 3.78. The van der Waals surface area contributed by atoms with Crippen molar-refractivity contribution in [1.82, 2.24) is 9.80 Å². The van der Waals surface area contributed by atoms with E-state index in [1.165, 1.54) is 32.4 Å². The molecule has 0 bridgehead atoms. The lowest BCUT2D eigenvalue weighted by Crippen LogP contribution is -2.40. The molecule has 3 rings (SSSR count). The predicted octanol–water partition coefficient (Wildman–Crippen LogP) is 1.09. The molecule has 1 saturated carbocycles. The molecule has 3 fully saturated rings. The van der Waals surface area contributed by atoms with Gasteiger partial charge in [-0.1, -0.05) is 0 Å². The Morgan fingerprint density at radius 2 is 1.80 bits per heavy atom. The van der Waals surface area contributed by atoms with Crippen LogP contribution in [0.3, 0.4) is 0 Å². The van der Waals surface area contributed by atoms with Gasteiger partial charge in [0.25, 0.3) is 0 Å². The molecule has 2 aliphatic heterocycles. The van der Waals surface area contributed by atoms with E-state index in [9.17, 15) is 4.79 Å². The van der Waals surface area contributed by atoms with Crippen molar-refractivity contribution in [3.05, 3.63) is 0 Å². The number of hydrogen-bond acceptors (Lipinski definition) is 2. The molecular formula is C12H20N2O. The maximum Gasteiger partial charge on any atom is 0.225 e. The van der Waals surface area contributed by atoms with Crippen molar-refractivity contribution >= 4 is 5.91 Å². The van der Waals surface area contributed by atoms with Crippen molar-refractivity contribution < 1.29 is 4.79 Å². The molecule has 0 radical (unpaired) electrons. The summed E-state index contributed by atoms with van der Waals surface area (Å²) in [5, 5.41) is 0. The standard InChI is InChI=1S/C12H20N2O/c15-12(10-4-5-10)14-8-2-7-13-6-1-3-11(13)9-14/h10-11H,1-9H2. The predicted molar refractivity (Wildman–Crippen MR) is 58.5 cm³/mol. The Hall–Kier alpha value is -0.570. The minimum absolute atomic E-state index is 0.401. The maximum atomic E-state index is 12.0. The third kappa shape index (κ3) is 1.89. The average Bonchev–Trinajstić information content (AvgIpc) is 3.03. The summed E-state index contributed by atoms with van der Waals surface area (Å²) in [6.07, 6.45) is 6.09. The number of carbonyl (C=O) groups is 1. The number of carbonyl (C=O) groups excluding carboxylic acids is 1. The molecule has 15 heavy (non-hydrogen) atoms. The van der Waals surface area contributed by atoms with Gasteiger partial charge in [-0.05, 0) is 38.6 Å². The molecule has 0 aromatic rings. The zero-order valence-electron chi connectivity index (χ0n) is 9.32. The average molecular weight is 208 g/mol. The molecular weight excluding hydrogens is 188 g/mol. The Balaban J connectivity index is 1.66. The van der Waals surface area contributed by atoms with Crippen molar-refractivity contribution in [2.75, 3.05) is 26.2 Å². The lowest BCUT2D eigenvalue weighted by atomic mass is 10.2. The van der Waals surface area contributed by atoms with Crippen LogP contribution in [0.25, 0.3) is 0 Å². The lowest BCUT2D eigenvalue weighted by molar-refractivity contribution is -0.132. The van der Waals surface area contributed by atoms with E-state index in [-0.39, 0.29) is 0 Å². The summed E-state index contributed by atoms with van der Waals surface area (Å²) in [4.78, 5) is 16.7. The molecule has 0 aromatic carbocycles. The van der Waals surface area contributed by atoms with E-state index < -0.39 is 0 Å². The van der Waals surface area contributed by atoms with Gasteiger partial charge in [-0.3, -0.25) is 9.69 Å². The van der Waals surface area contributed by atoms with Crippen LogP contribution in [0.2, 0.25) is 0 Å². The molecule has 0 spiro atoms. The second-order valence-electron chi connectivity index (χ2n) is 5.24. The smallest absolute Gasteiger partial charge is 0.225 e. The Morgan fingerprint density at radius 3 is 2.60 bits per heavy atom. The minimum Gasteiger partial charge on any atom is -0.341 e. The molecule has 84 valence electrons. The zero-order chi connectivity index (χ0) is 10.3. The Labute approximate surface area is 91.4 Å². The molecule has 1 atom stereocenters. The fourth-order valence-corrected chi connectivity index (χ4v) is 3.00. The molecule has 1 unspecified atom stereocenters. The van der Waals surface area contributed by atoms with Gasteiger partial charge in [0.05, 0.1) is 0 Å². The van der Waals surface area contributed by atoms with Gasteiger partial charge in [-0.25, -0.2) is 0 Å². The molecule has 3 aliphatic rings. The Bertz CT molecular complexity index is 262. The summed E-state index contributed by atoms with van der Waals surface area (Å²) in [5.41, 5.74) is 0. The van der Waals surface area contributed by atoms with Crippen molar-refractivity contribution in [3.63, 3.8) is 0 Å². The SMILES string of the molecule is O=C(C1CC1)N1CCCN2CCCC2C1.